The van der Waals surface area contributed by atoms with Crippen LogP contribution in [0.15, 0.2) is 6.07 Å². The average Bonchev–Trinajstić information content (AvgIpc) is 3.05. The monoisotopic (exact) mass is 757 g/mol. The van der Waals surface area contributed by atoms with Crippen molar-refractivity contribution in [2.75, 3.05) is 51.7 Å². The van der Waals surface area contributed by atoms with Crippen LogP contribution in [0.5, 0.6) is 5.75 Å². The number of likely N-dealkylation sites (N-methyl/N-ethyl adjacent to an activating group) is 1. The van der Waals surface area contributed by atoms with Crippen molar-refractivity contribution in [3.63, 3.8) is 0 Å². The van der Waals surface area contributed by atoms with E-state index in [0.717, 1.165) is 4.90 Å². The molecular weight excluding hydrogens is 706 g/mol. The molecule has 0 saturated heterocycles. The van der Waals surface area contributed by atoms with E-state index in [-0.39, 0.29) is 24.1 Å². The molecule has 2 saturated carbocycles. The van der Waals surface area contributed by atoms with Crippen LogP contribution in [0.3, 0.4) is 0 Å². The normalized spacial score (nSPS) is 25.3. The molecule has 17 heteroatoms. The van der Waals surface area contributed by atoms with Gasteiger partial charge in [-0.1, -0.05) is 6.92 Å². The molecule has 2 unspecified atom stereocenters. The Morgan fingerprint density at radius 1 is 1.00 bits per heavy atom. The van der Waals surface area contributed by atoms with Crippen molar-refractivity contribution in [3.05, 3.63) is 17.2 Å². The summed E-state index contributed by atoms with van der Waals surface area (Å²) in [6.07, 6.45) is -0.582. The Kier molecular flexibility index (Phi) is 11.4. The van der Waals surface area contributed by atoms with Gasteiger partial charge in [-0.3, -0.25) is 43.4 Å². The molecule has 17 nitrogen and oxygen atoms in total. The smallest absolute Gasteiger partial charge is 0.413 e. The number of carbonyl (C=O) groups excluding carboxylic acids is 8. The number of aliphatic hydroxyl groups is 1. The predicted molar refractivity (Wildman–Crippen MR) is 192 cm³/mol. The van der Waals surface area contributed by atoms with Gasteiger partial charge in [0.2, 0.25) is 18.6 Å². The minimum atomic E-state index is -2.89. The van der Waals surface area contributed by atoms with E-state index in [1.54, 1.807) is 60.5 Å². The standard InChI is InChI=1S/C37H51N5O12/c1-11-36(5,6)33(50)53-16-54-34(51)42(35(2,3)4)15-22(43)39-20-14-21(40(7)8)18-12-17-13-19-26(41(9)10)29(46)25(32(38)49)31(48)37(19,52)30(47)23(17)28(45)24(18)27(20)44/h14,17,19,23,25-26,44,52H,11-13,15-16H2,1-10H3,(H2,38,49)(H,39,43)/t17-,19-,23?,25?,26-,37-/m0/s1. The van der Waals surface area contributed by atoms with Crippen LogP contribution in [-0.2, 0) is 44.7 Å². The van der Waals surface area contributed by atoms with Crippen molar-refractivity contribution in [1.82, 2.24) is 9.80 Å². The molecule has 3 amide bonds. The maximum absolute atomic E-state index is 14.3. The zero-order chi connectivity index (χ0) is 41.0. The molecule has 0 aliphatic heterocycles. The molecular formula is C37H51N5O12. The number of Topliss-reactive ketones (excluding diaryl/α,β-unsaturated/α-hetero) is 4. The van der Waals surface area contributed by atoms with Crippen molar-refractivity contribution < 1.29 is 58.0 Å². The number of phenols is 1. The van der Waals surface area contributed by atoms with E-state index >= 15 is 0 Å². The molecule has 5 N–H and O–H groups in total. The van der Waals surface area contributed by atoms with E-state index in [1.165, 1.54) is 25.1 Å². The number of esters is 1. The van der Waals surface area contributed by atoms with Crippen LogP contribution in [0.25, 0.3) is 0 Å². The van der Waals surface area contributed by atoms with E-state index in [1.807, 2.05) is 0 Å². The maximum atomic E-state index is 14.3. The van der Waals surface area contributed by atoms with Gasteiger partial charge in [0.1, 0.15) is 12.3 Å². The van der Waals surface area contributed by atoms with Gasteiger partial charge in [-0.15, -0.1) is 0 Å². The summed E-state index contributed by atoms with van der Waals surface area (Å²) in [5.74, 6) is -13.5. The predicted octanol–water partition coefficient (Wildman–Crippen LogP) is 1.05. The van der Waals surface area contributed by atoms with Crippen molar-refractivity contribution in [2.24, 2.45) is 34.8 Å². The number of nitrogens with zero attached hydrogens (tertiary/aromatic N) is 3. The number of aromatic hydroxyl groups is 1. The number of amides is 3. The number of ketones is 4. The molecule has 0 spiro atoms. The molecule has 0 aromatic heterocycles. The number of rotatable bonds is 10. The lowest BCUT2D eigenvalue weighted by Crippen LogP contribution is -2.74. The zero-order valence-corrected chi connectivity index (χ0v) is 32.4. The first-order valence-corrected chi connectivity index (χ1v) is 17.6. The Morgan fingerprint density at radius 3 is 2.13 bits per heavy atom. The van der Waals surface area contributed by atoms with E-state index < -0.39 is 112 Å². The van der Waals surface area contributed by atoms with Gasteiger partial charge < -0.3 is 35.6 Å². The molecule has 1 aromatic carbocycles. The molecule has 1 aromatic rings. The minimum absolute atomic E-state index is 0.0186. The summed E-state index contributed by atoms with van der Waals surface area (Å²) in [6.45, 7) is 8.81. The minimum Gasteiger partial charge on any atom is -0.505 e. The molecule has 0 radical (unpaired) electrons. The van der Waals surface area contributed by atoms with Crippen LogP contribution in [0.1, 0.15) is 70.3 Å². The lowest BCUT2D eigenvalue weighted by molar-refractivity contribution is -0.181. The van der Waals surface area contributed by atoms with Gasteiger partial charge in [-0.05, 0) is 85.5 Å². The van der Waals surface area contributed by atoms with Gasteiger partial charge in [-0.25, -0.2) is 4.79 Å². The lowest BCUT2D eigenvalue weighted by atomic mass is 9.52. The highest BCUT2D eigenvalue weighted by Crippen LogP contribution is 2.52. The molecule has 4 rings (SSSR count). The molecule has 6 atom stereocenters. The second-order valence-corrected chi connectivity index (χ2v) is 16.3. The summed E-state index contributed by atoms with van der Waals surface area (Å²) in [5, 5.41) is 25.9. The third kappa shape index (κ3) is 7.18. The van der Waals surface area contributed by atoms with Crippen LogP contribution < -0.4 is 16.0 Å². The highest BCUT2D eigenvalue weighted by Gasteiger charge is 2.69. The van der Waals surface area contributed by atoms with Gasteiger partial charge >= 0.3 is 12.1 Å². The molecule has 2 fully saturated rings. The van der Waals surface area contributed by atoms with E-state index in [2.05, 4.69) is 5.32 Å². The summed E-state index contributed by atoms with van der Waals surface area (Å²) < 4.78 is 10.2. The van der Waals surface area contributed by atoms with Gasteiger partial charge in [0, 0.05) is 31.2 Å². The average molecular weight is 758 g/mol. The van der Waals surface area contributed by atoms with E-state index in [0.29, 0.717) is 17.7 Å². The quantitative estimate of drug-likeness (QED) is 0.113. The van der Waals surface area contributed by atoms with Gasteiger partial charge in [0.15, 0.2) is 34.7 Å². The highest BCUT2D eigenvalue weighted by molar-refractivity contribution is 6.32. The molecule has 0 bridgehead atoms. The summed E-state index contributed by atoms with van der Waals surface area (Å²) in [4.78, 5) is 111. The molecule has 54 heavy (non-hydrogen) atoms. The number of primary amides is 1. The van der Waals surface area contributed by atoms with E-state index in [9.17, 15) is 48.6 Å². The fourth-order valence-electron chi connectivity index (χ4n) is 7.61. The number of phenolic OH excluding ortho intramolecular Hbond substituents is 1. The van der Waals surface area contributed by atoms with Crippen LogP contribution in [0.2, 0.25) is 0 Å². The number of benzene rings is 1. The SMILES string of the molecule is CCC(C)(C)C(=O)OCOC(=O)N(CC(=O)Nc1cc(N(C)C)c2c(c1O)C(=O)C1C(=O)[C@]3(O)C(=O)C(C(N)=O)C(=O)[C@@H](N(C)C)[C@@H]3C[C@@H]1C2)C(C)(C)C. The largest absolute Gasteiger partial charge is 0.505 e. The van der Waals surface area contributed by atoms with Crippen LogP contribution in [0, 0.1) is 29.1 Å². The van der Waals surface area contributed by atoms with Gasteiger partial charge in [-0.2, -0.15) is 0 Å². The number of hydrogen-bond acceptors (Lipinski definition) is 14. The highest BCUT2D eigenvalue weighted by atomic mass is 16.7. The number of nitrogens with one attached hydrogen (secondary N) is 1. The molecule has 0 heterocycles. The van der Waals surface area contributed by atoms with Crippen molar-refractivity contribution in [1.29, 1.82) is 0 Å². The summed E-state index contributed by atoms with van der Waals surface area (Å²) in [5.41, 5.74) is 0.924. The number of ether oxygens (including phenoxy) is 2. The zero-order valence-electron chi connectivity index (χ0n) is 32.4. The van der Waals surface area contributed by atoms with Crippen molar-refractivity contribution in [3.8, 4) is 5.75 Å². The molecule has 296 valence electrons. The van der Waals surface area contributed by atoms with Crippen LogP contribution >= 0.6 is 0 Å². The fraction of sp³-hybridized carbons (Fsp3) is 0.622. The lowest BCUT2D eigenvalue weighted by Gasteiger charge is -2.52. The second kappa shape index (κ2) is 14.7. The maximum Gasteiger partial charge on any atom is 0.413 e. The first kappa shape index (κ1) is 41.9. The first-order chi connectivity index (χ1) is 24.8. The Bertz CT molecular complexity index is 1800. The summed E-state index contributed by atoms with van der Waals surface area (Å²) in [7, 11) is 6.33. The number of fused-ring (bicyclic) bond motifs is 3. The van der Waals surface area contributed by atoms with E-state index in [4.69, 9.17) is 15.2 Å². The van der Waals surface area contributed by atoms with Crippen LogP contribution in [-0.4, -0.2) is 126 Å². The van der Waals surface area contributed by atoms with Crippen molar-refractivity contribution in [2.45, 2.75) is 78.0 Å². The number of nitrogens with two attached hydrogens (primary N) is 1. The third-order valence-corrected chi connectivity index (χ3v) is 10.9. The Labute approximate surface area is 313 Å². The molecule has 3 aliphatic carbocycles. The van der Waals surface area contributed by atoms with Crippen LogP contribution in [0.4, 0.5) is 16.2 Å². The Morgan fingerprint density at radius 2 is 1.61 bits per heavy atom. The summed E-state index contributed by atoms with van der Waals surface area (Å²) in [6, 6.07) is 0.197. The second-order valence-electron chi connectivity index (χ2n) is 16.3. The topological polar surface area (TPSA) is 243 Å². The first-order valence-electron chi connectivity index (χ1n) is 17.6. The van der Waals surface area contributed by atoms with Crippen molar-refractivity contribution >= 4 is 58.4 Å². The number of hydrogen-bond donors (Lipinski definition) is 4. The number of carbonyl (C=O) groups is 8. The fourth-order valence-corrected chi connectivity index (χ4v) is 7.61. The van der Waals surface area contributed by atoms with Gasteiger partial charge in [0.25, 0.3) is 0 Å². The van der Waals surface area contributed by atoms with Gasteiger partial charge in [0.05, 0.1) is 28.6 Å². The summed E-state index contributed by atoms with van der Waals surface area (Å²) >= 11 is 0. The Balaban J connectivity index is 1.67. The third-order valence-electron chi connectivity index (χ3n) is 10.9. The number of anilines is 2. The molecule has 3 aliphatic rings. The Hall–Kier alpha value is -4.90.